The average Bonchev–Trinajstić information content (AvgIpc) is 3.38. The van der Waals surface area contributed by atoms with E-state index in [1.54, 1.807) is 6.08 Å². The summed E-state index contributed by atoms with van der Waals surface area (Å²) in [6.07, 6.45) is 61.3. The molecule has 0 spiro atoms. The number of rotatable bonds is 55. The number of hydrogen-bond donors (Lipinski definition) is 6. The van der Waals surface area contributed by atoms with Crippen molar-refractivity contribution in [2.24, 2.45) is 0 Å². The van der Waals surface area contributed by atoms with Crippen molar-refractivity contribution < 1.29 is 39.8 Å². The number of hydrogen-bond acceptors (Lipinski definition) is 8. The lowest BCUT2D eigenvalue weighted by Crippen LogP contribution is -2.60. The van der Waals surface area contributed by atoms with E-state index < -0.39 is 49.5 Å². The van der Waals surface area contributed by atoms with Crippen LogP contribution in [-0.4, -0.2) is 87.5 Å². The molecule has 9 nitrogen and oxygen atoms in total. The van der Waals surface area contributed by atoms with Gasteiger partial charge in [0.1, 0.15) is 24.4 Å². The van der Waals surface area contributed by atoms with Crippen LogP contribution in [0.3, 0.4) is 0 Å². The highest BCUT2D eigenvalue weighted by Gasteiger charge is 2.44. The molecule has 0 aromatic rings. The highest BCUT2D eigenvalue weighted by Crippen LogP contribution is 2.23. The normalized spacial score (nSPS) is 19.2. The van der Waals surface area contributed by atoms with Crippen LogP contribution in [0.5, 0.6) is 0 Å². The Morgan fingerprint density at radius 3 is 1.17 bits per heavy atom. The van der Waals surface area contributed by atoms with Crippen LogP contribution in [0, 0.1) is 0 Å². The molecular weight excluding hydrogens is 899 g/mol. The van der Waals surface area contributed by atoms with Crippen molar-refractivity contribution in [2.45, 2.75) is 358 Å². The van der Waals surface area contributed by atoms with Crippen molar-refractivity contribution in [3.05, 3.63) is 24.3 Å². The Morgan fingerprint density at radius 1 is 0.458 bits per heavy atom. The van der Waals surface area contributed by atoms with Crippen molar-refractivity contribution in [3.63, 3.8) is 0 Å². The van der Waals surface area contributed by atoms with E-state index in [1.165, 1.54) is 257 Å². The molecule has 0 bridgehead atoms. The molecule has 1 heterocycles. The van der Waals surface area contributed by atoms with Crippen molar-refractivity contribution in [1.29, 1.82) is 0 Å². The molecule has 9 heteroatoms. The van der Waals surface area contributed by atoms with E-state index in [-0.39, 0.29) is 12.5 Å². The lowest BCUT2D eigenvalue weighted by atomic mass is 9.99. The molecule has 0 aromatic carbocycles. The third kappa shape index (κ3) is 41.9. The topological polar surface area (TPSA) is 149 Å². The number of ether oxygens (including phenoxy) is 2. The Kier molecular flexibility index (Phi) is 50.6. The summed E-state index contributed by atoms with van der Waals surface area (Å²) < 4.78 is 11.3. The van der Waals surface area contributed by atoms with Crippen LogP contribution in [0.15, 0.2) is 24.3 Å². The number of aliphatic hydroxyl groups is 5. The maximum Gasteiger partial charge on any atom is 0.220 e. The van der Waals surface area contributed by atoms with Crippen LogP contribution < -0.4 is 5.32 Å². The number of nitrogens with one attached hydrogen (secondary N) is 1. The first-order chi connectivity index (χ1) is 35.3. The highest BCUT2D eigenvalue weighted by molar-refractivity contribution is 5.76. The van der Waals surface area contributed by atoms with E-state index in [9.17, 15) is 30.3 Å². The van der Waals surface area contributed by atoms with Crippen molar-refractivity contribution in [3.8, 4) is 0 Å². The second kappa shape index (κ2) is 53.1. The summed E-state index contributed by atoms with van der Waals surface area (Å²) in [5.74, 6) is -0.180. The van der Waals surface area contributed by atoms with Crippen molar-refractivity contribution in [1.82, 2.24) is 5.32 Å². The van der Waals surface area contributed by atoms with Gasteiger partial charge in [0.25, 0.3) is 0 Å². The predicted octanol–water partition coefficient (Wildman–Crippen LogP) is 16.1. The van der Waals surface area contributed by atoms with Crippen molar-refractivity contribution in [2.75, 3.05) is 13.2 Å². The minimum Gasteiger partial charge on any atom is -0.394 e. The van der Waals surface area contributed by atoms with Crippen molar-refractivity contribution >= 4 is 5.91 Å². The molecule has 1 aliphatic heterocycles. The molecular formula is C63H121NO8. The number of carbonyl (C=O) groups excluding carboxylic acids is 1. The summed E-state index contributed by atoms with van der Waals surface area (Å²) in [5, 5.41) is 54.6. The van der Waals surface area contributed by atoms with E-state index in [0.29, 0.717) is 6.42 Å². The summed E-state index contributed by atoms with van der Waals surface area (Å²) in [5.41, 5.74) is 0. The highest BCUT2D eigenvalue weighted by atomic mass is 16.7. The summed E-state index contributed by atoms with van der Waals surface area (Å²) in [7, 11) is 0. The lowest BCUT2D eigenvalue weighted by Gasteiger charge is -2.40. The third-order valence-electron chi connectivity index (χ3n) is 15.3. The van der Waals surface area contributed by atoms with Gasteiger partial charge in [-0.05, 0) is 32.1 Å². The molecule has 0 saturated carbocycles. The molecule has 0 radical (unpaired) electrons. The van der Waals surface area contributed by atoms with Gasteiger partial charge in [0.15, 0.2) is 6.29 Å². The Hall–Kier alpha value is -1.33. The number of amides is 1. The van der Waals surface area contributed by atoms with Gasteiger partial charge >= 0.3 is 0 Å². The number of aliphatic hydroxyl groups excluding tert-OH is 5. The van der Waals surface area contributed by atoms with Gasteiger partial charge < -0.3 is 40.3 Å². The SMILES string of the molecule is CCCCCCCCCCCCCCCCCCCCCCCCCCC/C=C/CC/C=C/C(O)C(COC1OC(CO)C(O)C(O)C1O)NC(=O)CCCCCCCCCCCCCCCCCCCC. The fourth-order valence-electron chi connectivity index (χ4n) is 10.3. The molecule has 0 aliphatic carbocycles. The van der Waals surface area contributed by atoms with Gasteiger partial charge in [-0.2, -0.15) is 0 Å². The second-order valence-corrected chi connectivity index (χ2v) is 22.2. The summed E-state index contributed by atoms with van der Waals surface area (Å²) >= 11 is 0. The van der Waals surface area contributed by atoms with Gasteiger partial charge in [-0.25, -0.2) is 0 Å². The Bertz CT molecular complexity index is 1180. The molecule has 1 aliphatic rings. The molecule has 7 unspecified atom stereocenters. The van der Waals surface area contributed by atoms with Crippen LogP contribution in [0.1, 0.15) is 316 Å². The molecule has 6 N–H and O–H groups in total. The zero-order chi connectivity index (χ0) is 52.2. The largest absolute Gasteiger partial charge is 0.394 e. The summed E-state index contributed by atoms with van der Waals surface area (Å²) in [6, 6.07) is -0.819. The van der Waals surface area contributed by atoms with E-state index in [2.05, 4.69) is 31.3 Å². The minimum atomic E-state index is -1.57. The first-order valence-electron chi connectivity index (χ1n) is 31.6. The first-order valence-corrected chi connectivity index (χ1v) is 31.6. The number of allylic oxidation sites excluding steroid dienone is 3. The molecule has 1 amide bonds. The fraction of sp³-hybridized carbons (Fsp3) is 0.921. The minimum absolute atomic E-state index is 0.180. The smallest absolute Gasteiger partial charge is 0.220 e. The molecule has 1 rings (SSSR count). The average molecular weight is 1020 g/mol. The standard InChI is InChI=1S/C63H121NO8/c1-3-5-7-9-11-13-15-17-19-21-23-24-25-26-27-28-29-30-31-32-33-34-35-36-38-40-42-44-46-48-50-52-57(66)56(55-71-63-62(70)61(69)60(68)58(54-65)72-63)64-59(67)53-51-49-47-45-43-41-39-37-22-20-18-16-14-12-10-8-6-4-2/h42,44,50,52,56-58,60-63,65-66,68-70H,3-41,43,45-49,51,53-55H2,1-2H3,(H,64,67)/b44-42+,52-50+. The van der Waals surface area contributed by atoms with Gasteiger partial charge in [-0.15, -0.1) is 0 Å². The molecule has 1 fully saturated rings. The Balaban J connectivity index is 2.17. The van der Waals surface area contributed by atoms with Gasteiger partial charge in [0.2, 0.25) is 5.91 Å². The maximum absolute atomic E-state index is 13.1. The molecule has 426 valence electrons. The Morgan fingerprint density at radius 2 is 0.792 bits per heavy atom. The van der Waals surface area contributed by atoms with Crippen LogP contribution in [0.2, 0.25) is 0 Å². The van der Waals surface area contributed by atoms with E-state index in [0.717, 1.165) is 38.5 Å². The van der Waals surface area contributed by atoms with E-state index >= 15 is 0 Å². The second-order valence-electron chi connectivity index (χ2n) is 22.2. The third-order valence-corrected chi connectivity index (χ3v) is 15.3. The van der Waals surface area contributed by atoms with Gasteiger partial charge in [-0.3, -0.25) is 4.79 Å². The molecule has 0 aromatic heterocycles. The first kappa shape index (κ1) is 68.7. The van der Waals surface area contributed by atoms with Crippen LogP contribution >= 0.6 is 0 Å². The van der Waals surface area contributed by atoms with Gasteiger partial charge in [0.05, 0.1) is 25.4 Å². The molecule has 7 atom stereocenters. The Labute approximate surface area is 445 Å². The summed E-state index contributed by atoms with van der Waals surface area (Å²) in [4.78, 5) is 13.1. The van der Waals surface area contributed by atoms with Gasteiger partial charge in [-0.1, -0.05) is 301 Å². The number of carbonyl (C=O) groups is 1. The molecule has 1 saturated heterocycles. The number of unbranched alkanes of at least 4 members (excludes halogenated alkanes) is 43. The molecule has 72 heavy (non-hydrogen) atoms. The van der Waals surface area contributed by atoms with E-state index in [4.69, 9.17) is 9.47 Å². The maximum atomic E-state index is 13.1. The summed E-state index contributed by atoms with van der Waals surface area (Å²) in [6.45, 7) is 3.81. The van der Waals surface area contributed by atoms with Crippen LogP contribution in [-0.2, 0) is 14.3 Å². The monoisotopic (exact) mass is 1020 g/mol. The zero-order valence-corrected chi connectivity index (χ0v) is 47.5. The van der Waals surface area contributed by atoms with Crippen LogP contribution in [0.25, 0.3) is 0 Å². The zero-order valence-electron chi connectivity index (χ0n) is 47.5. The lowest BCUT2D eigenvalue weighted by molar-refractivity contribution is -0.302. The fourth-order valence-corrected chi connectivity index (χ4v) is 10.3. The van der Waals surface area contributed by atoms with Crippen LogP contribution in [0.4, 0.5) is 0 Å². The quantitative estimate of drug-likeness (QED) is 0.0261. The van der Waals surface area contributed by atoms with E-state index in [1.807, 2.05) is 6.08 Å². The predicted molar refractivity (Wildman–Crippen MR) is 304 cm³/mol. The van der Waals surface area contributed by atoms with Gasteiger partial charge in [0, 0.05) is 6.42 Å².